The van der Waals surface area contributed by atoms with Gasteiger partial charge < -0.3 is 16.4 Å². The minimum Gasteiger partial charge on any atom is -0.380 e. The molecule has 0 spiro atoms. The average Bonchev–Trinajstić information content (AvgIpc) is 3.02. The van der Waals surface area contributed by atoms with Crippen LogP contribution in [-0.4, -0.2) is 15.9 Å². The van der Waals surface area contributed by atoms with Crippen LogP contribution in [0, 0.1) is 13.8 Å². The predicted molar refractivity (Wildman–Crippen MR) is 101 cm³/mol. The van der Waals surface area contributed by atoms with Gasteiger partial charge in [0.2, 0.25) is 5.91 Å². The van der Waals surface area contributed by atoms with Gasteiger partial charge in [-0.3, -0.25) is 4.79 Å². The molecule has 2 heterocycles. The van der Waals surface area contributed by atoms with E-state index < -0.39 is 5.91 Å². The van der Waals surface area contributed by atoms with Crippen LogP contribution in [0.3, 0.4) is 0 Å². The van der Waals surface area contributed by atoms with E-state index in [1.807, 2.05) is 44.3 Å². The van der Waals surface area contributed by atoms with E-state index in [1.54, 1.807) is 23.6 Å². The van der Waals surface area contributed by atoms with Gasteiger partial charge in [-0.05, 0) is 43.2 Å². The molecule has 6 nitrogen and oxygen atoms in total. The van der Waals surface area contributed by atoms with Crippen LogP contribution in [0.25, 0.3) is 0 Å². The molecule has 0 aliphatic rings. The molecule has 0 bridgehead atoms. The molecule has 0 saturated carbocycles. The van der Waals surface area contributed by atoms with Gasteiger partial charge in [-0.1, -0.05) is 23.5 Å². The molecule has 25 heavy (non-hydrogen) atoms. The molecule has 2 aromatic heterocycles. The van der Waals surface area contributed by atoms with E-state index in [9.17, 15) is 4.79 Å². The molecule has 7 heteroatoms. The zero-order valence-electron chi connectivity index (χ0n) is 14.0. The number of rotatable bonds is 6. The maximum Gasteiger partial charge on any atom is 0.249 e. The quantitative estimate of drug-likeness (QED) is 0.629. The fraction of sp³-hybridized carbons (Fsp3) is 0.167. The predicted octanol–water partition coefficient (Wildman–Crippen LogP) is 3.61. The lowest BCUT2D eigenvalue weighted by Gasteiger charge is -2.14. The number of anilines is 3. The Hall–Kier alpha value is -2.93. The minimum atomic E-state index is -0.416. The van der Waals surface area contributed by atoms with Gasteiger partial charge in [-0.25, -0.2) is 9.97 Å². The highest BCUT2D eigenvalue weighted by molar-refractivity contribution is 7.15. The van der Waals surface area contributed by atoms with Crippen LogP contribution in [0.5, 0.6) is 0 Å². The minimum absolute atomic E-state index is 0.416. The van der Waals surface area contributed by atoms with Crippen molar-refractivity contribution in [3.05, 3.63) is 64.3 Å². The number of nitrogens with two attached hydrogens (primary N) is 1. The molecule has 0 aliphatic carbocycles. The summed E-state index contributed by atoms with van der Waals surface area (Å²) in [6.07, 6.45) is 3.56. The lowest BCUT2D eigenvalue weighted by Crippen LogP contribution is -2.14. The van der Waals surface area contributed by atoms with Crippen molar-refractivity contribution >= 4 is 33.9 Å². The Kier molecular flexibility index (Phi) is 4.95. The van der Waals surface area contributed by atoms with Crippen LogP contribution in [0.1, 0.15) is 26.4 Å². The number of pyridine rings is 1. The molecule has 1 aromatic carbocycles. The van der Waals surface area contributed by atoms with Gasteiger partial charge in [0, 0.05) is 28.5 Å². The van der Waals surface area contributed by atoms with Crippen LogP contribution in [0.4, 0.5) is 16.6 Å². The SMILES string of the molecule is Cc1ccc(C(N)=O)c(C)c1NCc1cnc(Nc2ccccn2)s1. The number of nitrogens with zero attached hydrogens (tertiary/aromatic N) is 2. The van der Waals surface area contributed by atoms with Gasteiger partial charge in [0.15, 0.2) is 5.13 Å². The lowest BCUT2D eigenvalue weighted by molar-refractivity contribution is 0.1000. The Labute approximate surface area is 150 Å². The summed E-state index contributed by atoms with van der Waals surface area (Å²) in [5.74, 6) is 0.345. The topological polar surface area (TPSA) is 92.9 Å². The third kappa shape index (κ3) is 3.95. The molecule has 0 fully saturated rings. The highest BCUT2D eigenvalue weighted by atomic mass is 32.1. The first kappa shape index (κ1) is 16.9. The molecule has 0 unspecified atom stereocenters. The number of thiazole rings is 1. The fourth-order valence-electron chi connectivity index (χ4n) is 2.55. The smallest absolute Gasteiger partial charge is 0.249 e. The molecule has 4 N–H and O–H groups in total. The van der Waals surface area contributed by atoms with Crippen molar-refractivity contribution in [3.63, 3.8) is 0 Å². The summed E-state index contributed by atoms with van der Waals surface area (Å²) in [7, 11) is 0. The second kappa shape index (κ2) is 7.31. The van der Waals surface area contributed by atoms with Gasteiger partial charge in [-0.15, -0.1) is 0 Å². The van der Waals surface area contributed by atoms with E-state index in [0.717, 1.165) is 32.6 Å². The maximum atomic E-state index is 11.5. The summed E-state index contributed by atoms with van der Waals surface area (Å²) < 4.78 is 0. The molecule has 1 amide bonds. The van der Waals surface area contributed by atoms with E-state index in [2.05, 4.69) is 20.6 Å². The maximum absolute atomic E-state index is 11.5. The van der Waals surface area contributed by atoms with Crippen molar-refractivity contribution in [3.8, 4) is 0 Å². The number of hydrogen-bond acceptors (Lipinski definition) is 6. The summed E-state index contributed by atoms with van der Waals surface area (Å²) >= 11 is 1.55. The van der Waals surface area contributed by atoms with E-state index in [1.165, 1.54) is 0 Å². The summed E-state index contributed by atoms with van der Waals surface area (Å²) in [5.41, 5.74) is 8.83. The van der Waals surface area contributed by atoms with Crippen LogP contribution < -0.4 is 16.4 Å². The number of hydrogen-bond donors (Lipinski definition) is 3. The second-order valence-corrected chi connectivity index (χ2v) is 6.73. The van der Waals surface area contributed by atoms with Gasteiger partial charge >= 0.3 is 0 Å². The Morgan fingerprint density at radius 1 is 1.20 bits per heavy atom. The third-order valence-electron chi connectivity index (χ3n) is 3.83. The largest absolute Gasteiger partial charge is 0.380 e. The van der Waals surface area contributed by atoms with Crippen LogP contribution >= 0.6 is 11.3 Å². The second-order valence-electron chi connectivity index (χ2n) is 5.62. The number of carbonyl (C=O) groups excluding carboxylic acids is 1. The number of primary amides is 1. The van der Waals surface area contributed by atoms with Gasteiger partial charge in [0.05, 0.1) is 6.54 Å². The van der Waals surface area contributed by atoms with Crippen molar-refractivity contribution in [2.75, 3.05) is 10.6 Å². The third-order valence-corrected chi connectivity index (χ3v) is 4.74. The molecule has 0 radical (unpaired) electrons. The Morgan fingerprint density at radius 2 is 2.04 bits per heavy atom. The standard InChI is InChI=1S/C18H19N5OS/c1-11-6-7-14(17(19)24)12(2)16(11)21-9-13-10-22-18(25-13)23-15-5-3-4-8-20-15/h3-8,10,21H,9H2,1-2H3,(H2,19,24)(H,20,22,23). The zero-order valence-corrected chi connectivity index (χ0v) is 14.9. The molecule has 128 valence electrons. The van der Waals surface area contributed by atoms with Gasteiger partial charge in [0.25, 0.3) is 0 Å². The van der Waals surface area contributed by atoms with Crippen molar-refractivity contribution in [2.24, 2.45) is 5.73 Å². The Balaban J connectivity index is 1.71. The van der Waals surface area contributed by atoms with Crippen molar-refractivity contribution < 1.29 is 4.79 Å². The number of carbonyl (C=O) groups is 1. The van der Waals surface area contributed by atoms with E-state index in [4.69, 9.17) is 5.73 Å². The number of nitrogens with one attached hydrogen (secondary N) is 2. The number of amides is 1. The number of aryl methyl sites for hydroxylation is 1. The number of benzene rings is 1. The first-order valence-corrected chi connectivity index (χ1v) is 8.63. The Bertz CT molecular complexity index is 892. The van der Waals surface area contributed by atoms with Crippen molar-refractivity contribution in [2.45, 2.75) is 20.4 Å². The van der Waals surface area contributed by atoms with Crippen molar-refractivity contribution in [1.82, 2.24) is 9.97 Å². The van der Waals surface area contributed by atoms with Crippen LogP contribution in [0.15, 0.2) is 42.7 Å². The van der Waals surface area contributed by atoms with E-state index >= 15 is 0 Å². The van der Waals surface area contributed by atoms with E-state index in [0.29, 0.717) is 12.1 Å². The molecular formula is C18H19N5OS. The average molecular weight is 353 g/mol. The zero-order chi connectivity index (χ0) is 17.8. The van der Waals surface area contributed by atoms with Crippen LogP contribution in [0.2, 0.25) is 0 Å². The molecule has 0 atom stereocenters. The molecule has 3 aromatic rings. The first-order valence-electron chi connectivity index (χ1n) is 7.81. The molecule has 0 saturated heterocycles. The highest BCUT2D eigenvalue weighted by Gasteiger charge is 2.11. The number of aromatic nitrogens is 2. The summed E-state index contributed by atoms with van der Waals surface area (Å²) in [5, 5.41) is 7.35. The highest BCUT2D eigenvalue weighted by Crippen LogP contribution is 2.26. The van der Waals surface area contributed by atoms with E-state index in [-0.39, 0.29) is 0 Å². The molecular weight excluding hydrogens is 334 g/mol. The Morgan fingerprint density at radius 3 is 2.76 bits per heavy atom. The normalized spacial score (nSPS) is 10.5. The summed E-state index contributed by atoms with van der Waals surface area (Å²) in [6.45, 7) is 4.52. The fourth-order valence-corrected chi connectivity index (χ4v) is 3.31. The van der Waals surface area contributed by atoms with Gasteiger partial charge in [0.1, 0.15) is 5.82 Å². The van der Waals surface area contributed by atoms with Crippen molar-refractivity contribution in [1.29, 1.82) is 0 Å². The van der Waals surface area contributed by atoms with Crippen LogP contribution in [-0.2, 0) is 6.54 Å². The first-order chi connectivity index (χ1) is 12.0. The molecule has 3 rings (SSSR count). The summed E-state index contributed by atoms with van der Waals surface area (Å²) in [4.78, 5) is 21.2. The lowest BCUT2D eigenvalue weighted by atomic mass is 10.0. The molecule has 0 aliphatic heterocycles. The van der Waals surface area contributed by atoms with Gasteiger partial charge in [-0.2, -0.15) is 0 Å². The summed E-state index contributed by atoms with van der Waals surface area (Å²) in [6, 6.07) is 9.34. The monoisotopic (exact) mass is 353 g/mol.